The Labute approximate surface area is 127 Å². The summed E-state index contributed by atoms with van der Waals surface area (Å²) < 4.78 is 0. The molecule has 110 valence electrons. The fourth-order valence-corrected chi connectivity index (χ4v) is 3.23. The number of nitrogens with zero attached hydrogens (tertiary/aromatic N) is 1. The van der Waals surface area contributed by atoms with Gasteiger partial charge in [-0.2, -0.15) is 0 Å². The van der Waals surface area contributed by atoms with Crippen LogP contribution in [0.5, 0.6) is 0 Å². The van der Waals surface area contributed by atoms with Crippen molar-refractivity contribution in [1.29, 1.82) is 0 Å². The van der Waals surface area contributed by atoms with Crippen LogP contribution in [-0.2, 0) is 6.42 Å². The Bertz CT molecular complexity index is 635. The number of para-hydroxylation sites is 1. The van der Waals surface area contributed by atoms with Gasteiger partial charge in [0, 0.05) is 18.8 Å². The molecule has 0 fully saturated rings. The largest absolute Gasteiger partial charge is 0.387 e. The molecular formula is C19H23NO. The summed E-state index contributed by atoms with van der Waals surface area (Å²) in [6, 6.07) is 14.9. The highest BCUT2D eigenvalue weighted by Crippen LogP contribution is 2.29. The van der Waals surface area contributed by atoms with E-state index in [9.17, 15) is 5.11 Å². The molecule has 0 bridgehead atoms. The number of aliphatic hydroxyl groups is 1. The smallest absolute Gasteiger partial charge is 0.0967 e. The number of hydrogen-bond acceptors (Lipinski definition) is 2. The van der Waals surface area contributed by atoms with Gasteiger partial charge in [0.15, 0.2) is 0 Å². The summed E-state index contributed by atoms with van der Waals surface area (Å²) in [7, 11) is 0. The van der Waals surface area contributed by atoms with Gasteiger partial charge in [0.05, 0.1) is 6.10 Å². The van der Waals surface area contributed by atoms with Gasteiger partial charge >= 0.3 is 0 Å². The molecule has 0 aromatic heterocycles. The second-order valence-corrected chi connectivity index (χ2v) is 6.05. The minimum absolute atomic E-state index is 0.434. The van der Waals surface area contributed by atoms with Crippen LogP contribution in [0.4, 0.5) is 5.69 Å². The summed E-state index contributed by atoms with van der Waals surface area (Å²) in [6.07, 6.45) is 1.87. The molecule has 1 unspecified atom stereocenters. The molecule has 0 spiro atoms. The highest BCUT2D eigenvalue weighted by atomic mass is 16.3. The average Bonchev–Trinajstić information content (AvgIpc) is 2.50. The van der Waals surface area contributed by atoms with E-state index < -0.39 is 6.10 Å². The molecule has 2 heteroatoms. The third-order valence-corrected chi connectivity index (χ3v) is 4.39. The molecule has 2 nitrogen and oxygen atoms in total. The van der Waals surface area contributed by atoms with Crippen LogP contribution >= 0.6 is 0 Å². The van der Waals surface area contributed by atoms with Gasteiger partial charge < -0.3 is 10.0 Å². The molecule has 0 aliphatic carbocycles. The maximum Gasteiger partial charge on any atom is 0.0967 e. The summed E-state index contributed by atoms with van der Waals surface area (Å²) in [4.78, 5) is 2.32. The minimum Gasteiger partial charge on any atom is -0.387 e. The van der Waals surface area contributed by atoms with E-state index in [-0.39, 0.29) is 0 Å². The van der Waals surface area contributed by atoms with Gasteiger partial charge in [-0.05, 0) is 49.4 Å². The summed E-state index contributed by atoms with van der Waals surface area (Å²) >= 11 is 0. The molecule has 0 amide bonds. The quantitative estimate of drug-likeness (QED) is 0.925. The van der Waals surface area contributed by atoms with E-state index in [1.54, 1.807) is 0 Å². The molecule has 1 N–H and O–H groups in total. The zero-order valence-corrected chi connectivity index (χ0v) is 12.8. The van der Waals surface area contributed by atoms with E-state index in [1.165, 1.54) is 22.4 Å². The van der Waals surface area contributed by atoms with E-state index in [1.807, 2.05) is 0 Å². The SMILES string of the molecule is Cc1ccc(C)c(C(O)CN2CCCc3ccccc32)c1. The Kier molecular flexibility index (Phi) is 3.98. The lowest BCUT2D eigenvalue weighted by atomic mass is 9.98. The van der Waals surface area contributed by atoms with Crippen molar-refractivity contribution in [1.82, 2.24) is 0 Å². The lowest BCUT2D eigenvalue weighted by Crippen LogP contribution is -2.33. The molecular weight excluding hydrogens is 258 g/mol. The van der Waals surface area contributed by atoms with E-state index in [0.717, 1.165) is 24.9 Å². The van der Waals surface area contributed by atoms with Crippen molar-refractivity contribution in [2.75, 3.05) is 18.0 Å². The van der Waals surface area contributed by atoms with Crippen molar-refractivity contribution in [3.05, 3.63) is 64.7 Å². The Morgan fingerprint density at radius 3 is 2.81 bits per heavy atom. The van der Waals surface area contributed by atoms with Gasteiger partial charge in [0.25, 0.3) is 0 Å². The predicted octanol–water partition coefficient (Wildman–Crippen LogP) is 3.79. The average molecular weight is 281 g/mol. The zero-order valence-electron chi connectivity index (χ0n) is 12.8. The van der Waals surface area contributed by atoms with Crippen LogP contribution in [0.1, 0.15) is 34.8 Å². The van der Waals surface area contributed by atoms with Crippen LogP contribution in [0.15, 0.2) is 42.5 Å². The first-order valence-electron chi connectivity index (χ1n) is 7.73. The molecule has 1 aliphatic rings. The highest BCUT2D eigenvalue weighted by molar-refractivity contribution is 5.55. The van der Waals surface area contributed by atoms with Crippen LogP contribution in [0.25, 0.3) is 0 Å². The molecule has 1 heterocycles. The summed E-state index contributed by atoms with van der Waals surface area (Å²) in [5.41, 5.74) is 6.11. The number of anilines is 1. The van der Waals surface area contributed by atoms with E-state index in [0.29, 0.717) is 6.54 Å². The first kappa shape index (κ1) is 14.2. The van der Waals surface area contributed by atoms with Gasteiger partial charge in [-0.15, -0.1) is 0 Å². The van der Waals surface area contributed by atoms with Gasteiger partial charge in [-0.1, -0.05) is 42.0 Å². The number of benzene rings is 2. The number of fused-ring (bicyclic) bond motifs is 1. The topological polar surface area (TPSA) is 23.5 Å². The van der Waals surface area contributed by atoms with Gasteiger partial charge in [-0.3, -0.25) is 0 Å². The number of rotatable bonds is 3. The standard InChI is InChI=1S/C19H23NO/c1-14-9-10-15(2)17(12-14)19(21)13-20-11-5-7-16-6-3-4-8-18(16)20/h3-4,6,8-10,12,19,21H,5,7,11,13H2,1-2H3. The van der Waals surface area contributed by atoms with Crippen molar-refractivity contribution in [2.45, 2.75) is 32.8 Å². The van der Waals surface area contributed by atoms with Crippen LogP contribution in [0.3, 0.4) is 0 Å². The van der Waals surface area contributed by atoms with E-state index in [4.69, 9.17) is 0 Å². The molecule has 2 aromatic rings. The maximum atomic E-state index is 10.7. The molecule has 3 rings (SSSR count). The van der Waals surface area contributed by atoms with Crippen LogP contribution in [0.2, 0.25) is 0 Å². The molecule has 2 aromatic carbocycles. The molecule has 0 radical (unpaired) electrons. The van der Waals surface area contributed by atoms with Crippen molar-refractivity contribution in [3.63, 3.8) is 0 Å². The van der Waals surface area contributed by atoms with Crippen LogP contribution < -0.4 is 4.90 Å². The fraction of sp³-hybridized carbons (Fsp3) is 0.368. The number of β-amino-alcohol motifs (C(OH)–C–C–N with tert-alkyl or cyclic N) is 1. The summed E-state index contributed by atoms with van der Waals surface area (Å²) in [5.74, 6) is 0. The van der Waals surface area contributed by atoms with E-state index in [2.05, 4.69) is 61.2 Å². The molecule has 21 heavy (non-hydrogen) atoms. The molecule has 1 aliphatic heterocycles. The first-order valence-corrected chi connectivity index (χ1v) is 7.73. The highest BCUT2D eigenvalue weighted by Gasteiger charge is 2.20. The van der Waals surface area contributed by atoms with Crippen molar-refractivity contribution < 1.29 is 5.11 Å². The molecule has 0 saturated carbocycles. The number of aliphatic hydroxyl groups excluding tert-OH is 1. The first-order chi connectivity index (χ1) is 10.1. The lowest BCUT2D eigenvalue weighted by Gasteiger charge is -2.33. The van der Waals surface area contributed by atoms with Gasteiger partial charge in [0.1, 0.15) is 0 Å². The number of aryl methyl sites for hydroxylation is 3. The monoisotopic (exact) mass is 281 g/mol. The zero-order chi connectivity index (χ0) is 14.8. The molecule has 1 atom stereocenters. The Balaban J connectivity index is 1.82. The summed E-state index contributed by atoms with van der Waals surface area (Å²) in [5, 5.41) is 10.7. The Morgan fingerprint density at radius 2 is 1.95 bits per heavy atom. The fourth-order valence-electron chi connectivity index (χ4n) is 3.23. The van der Waals surface area contributed by atoms with Crippen molar-refractivity contribution in [3.8, 4) is 0 Å². The van der Waals surface area contributed by atoms with Gasteiger partial charge in [-0.25, -0.2) is 0 Å². The second-order valence-electron chi connectivity index (χ2n) is 6.05. The van der Waals surface area contributed by atoms with Crippen molar-refractivity contribution >= 4 is 5.69 Å². The van der Waals surface area contributed by atoms with Gasteiger partial charge in [0.2, 0.25) is 0 Å². The Hall–Kier alpha value is -1.80. The predicted molar refractivity (Wildman–Crippen MR) is 87.9 cm³/mol. The summed E-state index contributed by atoms with van der Waals surface area (Å²) in [6.45, 7) is 5.84. The number of hydrogen-bond donors (Lipinski definition) is 1. The normalized spacial score (nSPS) is 15.7. The Morgan fingerprint density at radius 1 is 1.14 bits per heavy atom. The van der Waals surface area contributed by atoms with Crippen molar-refractivity contribution in [2.24, 2.45) is 0 Å². The third-order valence-electron chi connectivity index (χ3n) is 4.39. The maximum absolute atomic E-state index is 10.7. The second kappa shape index (κ2) is 5.90. The van der Waals surface area contributed by atoms with E-state index >= 15 is 0 Å². The minimum atomic E-state index is -0.434. The third kappa shape index (κ3) is 2.96. The van der Waals surface area contributed by atoms with Crippen LogP contribution in [-0.4, -0.2) is 18.2 Å². The molecule has 0 saturated heterocycles. The van der Waals surface area contributed by atoms with Crippen LogP contribution in [0, 0.1) is 13.8 Å². The lowest BCUT2D eigenvalue weighted by molar-refractivity contribution is 0.182.